The second-order valence-corrected chi connectivity index (χ2v) is 8.37. The number of aromatic amines is 1. The van der Waals surface area contributed by atoms with Crippen molar-refractivity contribution < 1.29 is 23.7 Å². The van der Waals surface area contributed by atoms with Crippen LogP contribution in [0.5, 0.6) is 6.01 Å². The summed E-state index contributed by atoms with van der Waals surface area (Å²) < 4.78 is 31.7. The summed E-state index contributed by atoms with van der Waals surface area (Å²) in [5, 5.41) is 13.2. The Labute approximate surface area is 183 Å². The van der Waals surface area contributed by atoms with Crippen molar-refractivity contribution in [3.8, 4) is 6.01 Å². The molecule has 2 aliphatic heterocycles. The number of nitrogens with one attached hydrogen (secondary N) is 2. The van der Waals surface area contributed by atoms with Crippen LogP contribution in [-0.2, 0) is 16.0 Å². The van der Waals surface area contributed by atoms with Gasteiger partial charge < -0.3 is 29.6 Å². The van der Waals surface area contributed by atoms with Gasteiger partial charge in [-0.3, -0.25) is 0 Å². The van der Waals surface area contributed by atoms with Gasteiger partial charge in [-0.1, -0.05) is 33.6 Å². The van der Waals surface area contributed by atoms with Gasteiger partial charge in [-0.25, -0.2) is 9.37 Å². The number of hydrogen-bond donors (Lipinski definition) is 3. The molecule has 0 radical (unpaired) electrons. The Balaban J connectivity index is 1.33. The number of fused-ring (bicyclic) bond motifs is 2. The molecule has 3 aromatic rings. The van der Waals surface area contributed by atoms with Crippen molar-refractivity contribution >= 4 is 44.5 Å². The standard InChI is InChI=1S/C19H17BrClFN4O4/c20-9-2-1-3-11(22)8(9)5-23-17-10(21)4-12-18(25-17)26-19(24-12)30-14-7-29-15-13(27)6-28-16(14)15/h1-4,13-16,27H,5-7H2,(H2,23,24,25,26)/t13-,14-,15?,16?/m1/s1. The normalized spacial score (nSPS) is 25.6. The number of imidazole rings is 1. The lowest BCUT2D eigenvalue weighted by atomic mass is 10.1. The molecule has 30 heavy (non-hydrogen) atoms. The van der Waals surface area contributed by atoms with Gasteiger partial charge in [-0.2, -0.15) is 4.98 Å². The highest BCUT2D eigenvalue weighted by molar-refractivity contribution is 9.10. The molecule has 1 aromatic carbocycles. The molecule has 4 atom stereocenters. The number of aromatic nitrogens is 3. The third-order valence-corrected chi connectivity index (χ3v) is 6.18. The number of benzene rings is 1. The molecule has 158 valence electrons. The maximum Gasteiger partial charge on any atom is 0.296 e. The summed E-state index contributed by atoms with van der Waals surface area (Å²) in [5.41, 5.74) is 1.46. The van der Waals surface area contributed by atoms with Crippen LogP contribution in [0.15, 0.2) is 28.7 Å². The van der Waals surface area contributed by atoms with Gasteiger partial charge in [0.25, 0.3) is 6.01 Å². The quantitative estimate of drug-likeness (QED) is 0.496. The minimum Gasteiger partial charge on any atom is -0.456 e. The second-order valence-electron chi connectivity index (χ2n) is 7.11. The first-order chi connectivity index (χ1) is 14.5. The number of halogens is 3. The minimum absolute atomic E-state index is 0.196. The molecular weight excluding hydrogens is 483 g/mol. The van der Waals surface area contributed by atoms with Crippen molar-refractivity contribution in [3.05, 3.63) is 45.1 Å². The first-order valence-electron chi connectivity index (χ1n) is 9.30. The highest BCUT2D eigenvalue weighted by atomic mass is 79.9. The van der Waals surface area contributed by atoms with Crippen molar-refractivity contribution in [1.29, 1.82) is 0 Å². The van der Waals surface area contributed by atoms with Crippen LogP contribution in [0.1, 0.15) is 5.56 Å². The summed E-state index contributed by atoms with van der Waals surface area (Å²) >= 11 is 9.67. The Morgan fingerprint density at radius 2 is 2.13 bits per heavy atom. The van der Waals surface area contributed by atoms with Gasteiger partial charge in [0.15, 0.2) is 11.8 Å². The average Bonchev–Trinajstić information content (AvgIpc) is 3.39. The fourth-order valence-corrected chi connectivity index (χ4v) is 4.34. The number of aliphatic hydroxyl groups excluding tert-OH is 1. The first kappa shape index (κ1) is 20.0. The molecule has 0 bridgehead atoms. The summed E-state index contributed by atoms with van der Waals surface area (Å²) in [6, 6.07) is 6.70. The van der Waals surface area contributed by atoms with E-state index in [4.69, 9.17) is 25.8 Å². The van der Waals surface area contributed by atoms with E-state index in [1.165, 1.54) is 6.07 Å². The van der Waals surface area contributed by atoms with Crippen LogP contribution in [0.25, 0.3) is 11.2 Å². The number of ether oxygens (including phenoxy) is 3. The molecule has 0 amide bonds. The zero-order valence-corrected chi connectivity index (χ0v) is 17.8. The molecule has 2 unspecified atom stereocenters. The van der Waals surface area contributed by atoms with E-state index in [0.717, 1.165) is 0 Å². The third-order valence-electron chi connectivity index (χ3n) is 5.14. The van der Waals surface area contributed by atoms with Gasteiger partial charge in [0.1, 0.15) is 29.9 Å². The first-order valence-corrected chi connectivity index (χ1v) is 10.5. The van der Waals surface area contributed by atoms with Gasteiger partial charge in [-0.05, 0) is 18.2 Å². The molecule has 2 fully saturated rings. The fraction of sp³-hybridized carbons (Fsp3) is 0.368. The molecule has 11 heteroatoms. The molecule has 2 saturated heterocycles. The van der Waals surface area contributed by atoms with Gasteiger partial charge in [0.05, 0.1) is 23.8 Å². The Morgan fingerprint density at radius 3 is 2.97 bits per heavy atom. The van der Waals surface area contributed by atoms with E-state index < -0.39 is 6.10 Å². The summed E-state index contributed by atoms with van der Waals surface area (Å²) in [6.07, 6.45) is -1.77. The molecule has 4 heterocycles. The van der Waals surface area contributed by atoms with Crippen molar-refractivity contribution in [2.24, 2.45) is 0 Å². The van der Waals surface area contributed by atoms with Gasteiger partial charge in [-0.15, -0.1) is 0 Å². The van der Waals surface area contributed by atoms with Crippen LogP contribution in [-0.4, -0.2) is 57.7 Å². The highest BCUT2D eigenvalue weighted by Gasteiger charge is 2.48. The molecule has 0 aliphatic carbocycles. The van der Waals surface area contributed by atoms with Crippen molar-refractivity contribution in [3.63, 3.8) is 0 Å². The lowest BCUT2D eigenvalue weighted by Gasteiger charge is -2.15. The zero-order valence-electron chi connectivity index (χ0n) is 15.4. The van der Waals surface area contributed by atoms with Crippen LogP contribution >= 0.6 is 27.5 Å². The smallest absolute Gasteiger partial charge is 0.296 e. The summed E-state index contributed by atoms with van der Waals surface area (Å²) in [6.45, 7) is 0.711. The number of H-pyrrole nitrogens is 1. The number of aliphatic hydroxyl groups is 1. The molecule has 0 spiro atoms. The maximum absolute atomic E-state index is 14.0. The predicted octanol–water partition coefficient (Wildman–Crippen LogP) is 3.03. The number of hydrogen-bond acceptors (Lipinski definition) is 7. The summed E-state index contributed by atoms with van der Waals surface area (Å²) in [4.78, 5) is 11.8. The lowest BCUT2D eigenvalue weighted by Crippen LogP contribution is -2.34. The van der Waals surface area contributed by atoms with E-state index in [2.05, 4.69) is 36.2 Å². The Bertz CT molecular complexity index is 1080. The maximum atomic E-state index is 14.0. The lowest BCUT2D eigenvalue weighted by molar-refractivity contribution is 0.00706. The molecular formula is C19H17BrClFN4O4. The topological polar surface area (TPSA) is 102 Å². The van der Waals surface area contributed by atoms with Crippen LogP contribution in [0, 0.1) is 5.82 Å². The largest absolute Gasteiger partial charge is 0.456 e. The molecule has 8 nitrogen and oxygen atoms in total. The van der Waals surface area contributed by atoms with Crippen molar-refractivity contribution in [2.75, 3.05) is 18.5 Å². The highest BCUT2D eigenvalue weighted by Crippen LogP contribution is 2.31. The van der Waals surface area contributed by atoms with E-state index in [9.17, 15) is 9.50 Å². The second kappa shape index (κ2) is 7.93. The van der Waals surface area contributed by atoms with E-state index in [1.54, 1.807) is 18.2 Å². The Hall–Kier alpha value is -1.98. The Morgan fingerprint density at radius 1 is 1.30 bits per heavy atom. The van der Waals surface area contributed by atoms with E-state index in [-0.39, 0.29) is 43.3 Å². The molecule has 3 N–H and O–H groups in total. The number of pyridine rings is 1. The molecule has 0 saturated carbocycles. The van der Waals surface area contributed by atoms with Crippen LogP contribution in [0.3, 0.4) is 0 Å². The van der Waals surface area contributed by atoms with Crippen LogP contribution in [0.2, 0.25) is 5.02 Å². The molecule has 5 rings (SSSR count). The van der Waals surface area contributed by atoms with Gasteiger partial charge >= 0.3 is 0 Å². The number of anilines is 1. The molecule has 2 aromatic heterocycles. The number of rotatable bonds is 5. The van der Waals surface area contributed by atoms with Crippen LogP contribution in [0.4, 0.5) is 10.2 Å². The predicted molar refractivity (Wildman–Crippen MR) is 110 cm³/mol. The Kier molecular flexibility index (Phi) is 5.28. The molecule has 2 aliphatic rings. The fourth-order valence-electron chi connectivity index (χ4n) is 3.64. The zero-order chi connectivity index (χ0) is 20.8. The van der Waals surface area contributed by atoms with Gasteiger partial charge in [0.2, 0.25) is 0 Å². The van der Waals surface area contributed by atoms with Crippen molar-refractivity contribution in [2.45, 2.75) is 31.0 Å². The summed E-state index contributed by atoms with van der Waals surface area (Å²) in [7, 11) is 0. The monoisotopic (exact) mass is 498 g/mol. The van der Waals surface area contributed by atoms with Crippen molar-refractivity contribution in [1.82, 2.24) is 15.0 Å². The summed E-state index contributed by atoms with van der Waals surface area (Å²) in [5.74, 6) is 0.0461. The van der Waals surface area contributed by atoms with Crippen LogP contribution < -0.4 is 10.1 Å². The minimum atomic E-state index is -0.650. The SMILES string of the molecule is O[C@@H]1COC2C1OC[C@H]2Oc1nc2nc(NCc3c(F)cccc3Br)c(Cl)cc2[nH]1. The van der Waals surface area contributed by atoms with E-state index >= 15 is 0 Å². The number of nitrogens with zero attached hydrogens (tertiary/aromatic N) is 2. The van der Waals surface area contributed by atoms with Gasteiger partial charge in [0, 0.05) is 16.6 Å². The van der Waals surface area contributed by atoms with E-state index in [1.807, 2.05) is 0 Å². The third kappa shape index (κ3) is 3.63. The average molecular weight is 500 g/mol. The van der Waals surface area contributed by atoms with E-state index in [0.29, 0.717) is 38.6 Å².